The van der Waals surface area contributed by atoms with Crippen molar-refractivity contribution in [2.75, 3.05) is 6.54 Å². The summed E-state index contributed by atoms with van der Waals surface area (Å²) < 4.78 is 6.45. The van der Waals surface area contributed by atoms with E-state index in [0.717, 1.165) is 48.1 Å². The first-order chi connectivity index (χ1) is 15.8. The Bertz CT molecular complexity index is 997. The second-order valence-corrected chi connectivity index (χ2v) is 12.7. The van der Waals surface area contributed by atoms with Crippen LogP contribution in [-0.4, -0.2) is 23.2 Å². The third-order valence-corrected chi connectivity index (χ3v) is 8.25. The maximum atomic E-state index is 13.1. The molecule has 1 heterocycles. The lowest BCUT2D eigenvalue weighted by atomic mass is 9.66. The molecule has 2 N–H and O–H groups in total. The number of phenols is 1. The molecule has 1 aliphatic heterocycles. The minimum absolute atomic E-state index is 0.0396. The van der Waals surface area contributed by atoms with E-state index in [1.165, 1.54) is 12.0 Å². The number of allylic oxidation sites excluding steroid dienone is 2. The minimum Gasteiger partial charge on any atom is -0.508 e. The van der Waals surface area contributed by atoms with Crippen molar-refractivity contribution in [2.24, 2.45) is 17.8 Å². The molecule has 34 heavy (non-hydrogen) atoms. The Kier molecular flexibility index (Phi) is 6.65. The average molecular weight is 466 g/mol. The number of nitrogens with one attached hydrogen (secondary N) is 1. The highest BCUT2D eigenvalue weighted by Gasteiger charge is 2.47. The average Bonchev–Trinajstić information content (AvgIpc) is 2.71. The van der Waals surface area contributed by atoms with E-state index < -0.39 is 0 Å². The molecule has 2 unspecified atom stereocenters. The number of phenolic OH excluding ortho intramolecular Hbond substituents is 1. The van der Waals surface area contributed by atoms with Gasteiger partial charge >= 0.3 is 0 Å². The highest BCUT2D eigenvalue weighted by molar-refractivity contribution is 5.93. The molecule has 0 bridgehead atoms. The molecule has 4 heteroatoms. The summed E-state index contributed by atoms with van der Waals surface area (Å²) >= 11 is 0. The molecule has 1 amide bonds. The molecule has 3 aliphatic rings. The predicted molar refractivity (Wildman–Crippen MR) is 138 cm³/mol. The van der Waals surface area contributed by atoms with Crippen LogP contribution < -0.4 is 10.1 Å². The zero-order valence-electron chi connectivity index (χ0n) is 22.0. The van der Waals surface area contributed by atoms with Gasteiger partial charge < -0.3 is 15.2 Å². The van der Waals surface area contributed by atoms with Gasteiger partial charge in [0.2, 0.25) is 5.91 Å². The summed E-state index contributed by atoms with van der Waals surface area (Å²) in [6.45, 7) is 17.9. The summed E-state index contributed by atoms with van der Waals surface area (Å²) in [7, 11) is 0. The topological polar surface area (TPSA) is 58.6 Å². The summed E-state index contributed by atoms with van der Waals surface area (Å²) in [5.41, 5.74) is 3.67. The molecule has 4 rings (SSSR count). The van der Waals surface area contributed by atoms with Crippen molar-refractivity contribution in [3.8, 4) is 11.5 Å². The Labute approximate surface area is 205 Å². The van der Waals surface area contributed by atoms with Crippen LogP contribution in [0.3, 0.4) is 0 Å². The summed E-state index contributed by atoms with van der Waals surface area (Å²) in [5.74, 6) is 2.71. The molecule has 0 saturated heterocycles. The van der Waals surface area contributed by atoms with Crippen molar-refractivity contribution >= 4 is 5.91 Å². The SMILES string of the molecule is C=C1CC(C)CC(CCNC(=O)C2=CC[C@@H]3[C@@H](C2)c2c(O)cc(C(C)(C)C)cc2OC3(C)C)C1. The zero-order chi connectivity index (χ0) is 24.8. The van der Waals surface area contributed by atoms with E-state index in [1.807, 2.05) is 6.07 Å². The van der Waals surface area contributed by atoms with Crippen LogP contribution in [0.2, 0.25) is 0 Å². The Morgan fingerprint density at radius 2 is 1.97 bits per heavy atom. The van der Waals surface area contributed by atoms with Crippen LogP contribution in [0.1, 0.15) is 97.1 Å². The van der Waals surface area contributed by atoms with E-state index in [4.69, 9.17) is 4.74 Å². The van der Waals surface area contributed by atoms with Gasteiger partial charge in [-0.05, 0) is 87.3 Å². The Morgan fingerprint density at radius 3 is 2.65 bits per heavy atom. The maximum absolute atomic E-state index is 13.1. The van der Waals surface area contributed by atoms with Crippen molar-refractivity contribution in [3.63, 3.8) is 0 Å². The lowest BCUT2D eigenvalue weighted by molar-refractivity contribution is -0.118. The number of hydrogen-bond acceptors (Lipinski definition) is 3. The van der Waals surface area contributed by atoms with Crippen molar-refractivity contribution in [1.82, 2.24) is 5.32 Å². The molecule has 4 atom stereocenters. The number of aromatic hydroxyl groups is 1. The molecule has 1 aromatic carbocycles. The predicted octanol–water partition coefficient (Wildman–Crippen LogP) is 6.78. The molecular weight excluding hydrogens is 422 g/mol. The monoisotopic (exact) mass is 465 g/mol. The second-order valence-electron chi connectivity index (χ2n) is 12.7. The van der Waals surface area contributed by atoms with Gasteiger partial charge in [0, 0.05) is 29.5 Å². The maximum Gasteiger partial charge on any atom is 0.246 e. The Hall–Kier alpha value is -2.23. The number of rotatable bonds is 4. The van der Waals surface area contributed by atoms with E-state index in [0.29, 0.717) is 30.6 Å². The second kappa shape index (κ2) is 9.09. The van der Waals surface area contributed by atoms with E-state index in [-0.39, 0.29) is 28.8 Å². The third kappa shape index (κ3) is 5.06. The lowest BCUT2D eigenvalue weighted by Crippen LogP contribution is -2.46. The quantitative estimate of drug-likeness (QED) is 0.482. The molecule has 2 aliphatic carbocycles. The van der Waals surface area contributed by atoms with Crippen molar-refractivity contribution in [2.45, 2.75) is 97.0 Å². The fourth-order valence-electron chi connectivity index (χ4n) is 6.46. The number of carbonyl (C=O) groups excluding carboxylic acids is 1. The van der Waals surface area contributed by atoms with Crippen molar-refractivity contribution < 1.29 is 14.6 Å². The van der Waals surface area contributed by atoms with Gasteiger partial charge in [-0.15, -0.1) is 0 Å². The lowest BCUT2D eigenvalue weighted by Gasteiger charge is -2.47. The van der Waals surface area contributed by atoms with Crippen LogP contribution in [0.4, 0.5) is 0 Å². The minimum atomic E-state index is -0.362. The first-order valence-electron chi connectivity index (χ1n) is 13.1. The van der Waals surface area contributed by atoms with Crippen molar-refractivity contribution in [1.29, 1.82) is 0 Å². The molecule has 4 nitrogen and oxygen atoms in total. The summed E-state index contributed by atoms with van der Waals surface area (Å²) in [6, 6.07) is 3.97. The first kappa shape index (κ1) is 24.9. The van der Waals surface area contributed by atoms with E-state index in [9.17, 15) is 9.90 Å². The van der Waals surface area contributed by atoms with E-state index in [1.54, 1.807) is 0 Å². The first-order valence-corrected chi connectivity index (χ1v) is 13.1. The van der Waals surface area contributed by atoms with Crippen LogP contribution in [0.5, 0.6) is 11.5 Å². The number of ether oxygens (including phenoxy) is 1. The molecule has 1 aromatic rings. The van der Waals surface area contributed by atoms with E-state index in [2.05, 4.69) is 65.6 Å². The molecule has 0 spiro atoms. The molecule has 1 fully saturated rings. The van der Waals surface area contributed by atoms with Crippen LogP contribution in [0.15, 0.2) is 35.9 Å². The van der Waals surface area contributed by atoms with E-state index >= 15 is 0 Å². The van der Waals surface area contributed by atoms with Gasteiger partial charge in [0.15, 0.2) is 0 Å². The number of fused-ring (bicyclic) bond motifs is 3. The normalized spacial score (nSPS) is 28.3. The van der Waals surface area contributed by atoms with Gasteiger partial charge in [0.05, 0.1) is 0 Å². The third-order valence-electron chi connectivity index (χ3n) is 8.25. The summed E-state index contributed by atoms with van der Waals surface area (Å²) in [4.78, 5) is 13.1. The molecule has 0 aromatic heterocycles. The molecule has 0 radical (unpaired) electrons. The summed E-state index contributed by atoms with van der Waals surface area (Å²) in [6.07, 6.45) is 7.98. The molecule has 1 saturated carbocycles. The summed E-state index contributed by atoms with van der Waals surface area (Å²) in [5, 5.41) is 14.2. The number of benzene rings is 1. The number of carbonyl (C=O) groups is 1. The van der Waals surface area contributed by atoms with Crippen LogP contribution in [-0.2, 0) is 10.2 Å². The standard InChI is InChI=1S/C30H43NO3/c1-18-12-19(2)14-20(13-18)10-11-31-28(33)21-8-9-24-23(15-21)27-25(32)16-22(29(3,4)5)17-26(27)34-30(24,6)7/h8,16-17,19-20,23-24,32H,1,9-15H2,2-7H3,(H,31,33)/t19?,20?,23-,24-/m1/s1. The zero-order valence-corrected chi connectivity index (χ0v) is 22.0. The van der Waals surface area contributed by atoms with Crippen molar-refractivity contribution in [3.05, 3.63) is 47.1 Å². The van der Waals surface area contributed by atoms with Gasteiger partial charge in [-0.1, -0.05) is 45.9 Å². The highest BCUT2D eigenvalue weighted by Crippen LogP contribution is 2.54. The molecular formula is C30H43NO3. The van der Waals surface area contributed by atoms with Gasteiger partial charge in [-0.3, -0.25) is 4.79 Å². The van der Waals surface area contributed by atoms with Gasteiger partial charge in [0.25, 0.3) is 0 Å². The van der Waals surface area contributed by atoms with Crippen LogP contribution in [0.25, 0.3) is 0 Å². The Balaban J connectivity index is 1.48. The fraction of sp³-hybridized carbons (Fsp3) is 0.633. The van der Waals surface area contributed by atoms with Gasteiger partial charge in [-0.25, -0.2) is 0 Å². The van der Waals surface area contributed by atoms with Crippen LogP contribution >= 0.6 is 0 Å². The largest absolute Gasteiger partial charge is 0.508 e. The number of hydrogen-bond donors (Lipinski definition) is 2. The van der Waals surface area contributed by atoms with Crippen LogP contribution in [0, 0.1) is 17.8 Å². The number of amides is 1. The van der Waals surface area contributed by atoms with Gasteiger partial charge in [-0.2, -0.15) is 0 Å². The smallest absolute Gasteiger partial charge is 0.246 e. The Morgan fingerprint density at radius 1 is 1.24 bits per heavy atom. The molecule has 186 valence electrons. The highest BCUT2D eigenvalue weighted by atomic mass is 16.5. The van der Waals surface area contributed by atoms with Gasteiger partial charge in [0.1, 0.15) is 17.1 Å². The fourth-order valence-corrected chi connectivity index (χ4v) is 6.46.